The van der Waals surface area contributed by atoms with E-state index in [2.05, 4.69) is 19.2 Å². The van der Waals surface area contributed by atoms with E-state index >= 15 is 0 Å². The number of nitrogens with one attached hydrogen (secondary N) is 1. The summed E-state index contributed by atoms with van der Waals surface area (Å²) in [4.78, 5) is 12.2. The van der Waals surface area contributed by atoms with Gasteiger partial charge in [-0.15, -0.1) is 0 Å². The van der Waals surface area contributed by atoms with Gasteiger partial charge in [0.25, 0.3) is 0 Å². The second-order valence-electron chi connectivity index (χ2n) is 5.79. The predicted molar refractivity (Wildman–Crippen MR) is 74.2 cm³/mol. The van der Waals surface area contributed by atoms with Crippen LogP contribution >= 0.6 is 0 Å². The van der Waals surface area contributed by atoms with Crippen LogP contribution in [0.25, 0.3) is 0 Å². The van der Waals surface area contributed by atoms with Gasteiger partial charge in [-0.3, -0.25) is 4.79 Å². The lowest BCUT2D eigenvalue weighted by Gasteiger charge is -2.25. The summed E-state index contributed by atoms with van der Waals surface area (Å²) in [6, 6.07) is 7.29. The van der Waals surface area contributed by atoms with E-state index in [1.165, 1.54) is 0 Å². The summed E-state index contributed by atoms with van der Waals surface area (Å²) in [6.45, 7) is 8.12. The summed E-state index contributed by atoms with van der Waals surface area (Å²) >= 11 is 0. The number of rotatable bonds is 5. The average Bonchev–Trinajstić information content (AvgIpc) is 2.27. The Hall–Kier alpha value is -1.35. The lowest BCUT2D eigenvalue weighted by atomic mass is 9.83. The van der Waals surface area contributed by atoms with Crippen LogP contribution in [0.4, 0.5) is 5.69 Å². The predicted octanol–water partition coefficient (Wildman–Crippen LogP) is 3.19. The van der Waals surface area contributed by atoms with Gasteiger partial charge in [0.2, 0.25) is 5.91 Å². The highest BCUT2D eigenvalue weighted by Crippen LogP contribution is 2.27. The van der Waals surface area contributed by atoms with Gasteiger partial charge < -0.3 is 10.4 Å². The molecule has 3 heteroatoms. The minimum absolute atomic E-state index is 0.0148. The normalized spacial score (nSPS) is 11.7. The molecule has 0 heterocycles. The van der Waals surface area contributed by atoms with Gasteiger partial charge in [0.1, 0.15) is 0 Å². The minimum Gasteiger partial charge on any atom is -0.392 e. The molecule has 1 rings (SSSR count). The van der Waals surface area contributed by atoms with E-state index in [-0.39, 0.29) is 17.9 Å². The first-order chi connectivity index (χ1) is 8.35. The van der Waals surface area contributed by atoms with E-state index in [4.69, 9.17) is 5.11 Å². The Morgan fingerprint density at radius 2 is 2.06 bits per heavy atom. The number of aliphatic hydroxyl groups excluding tert-OH is 1. The summed E-state index contributed by atoms with van der Waals surface area (Å²) in [5.41, 5.74) is 1.15. The van der Waals surface area contributed by atoms with Crippen LogP contribution in [0.3, 0.4) is 0 Å². The van der Waals surface area contributed by atoms with E-state index < -0.39 is 0 Å². The number of hydrogen-bond donors (Lipinski definition) is 2. The van der Waals surface area contributed by atoms with E-state index in [0.29, 0.717) is 5.92 Å². The number of aliphatic hydroxyl groups is 1. The molecule has 0 spiro atoms. The topological polar surface area (TPSA) is 49.3 Å². The molecule has 1 amide bonds. The van der Waals surface area contributed by atoms with Crippen molar-refractivity contribution in [2.45, 2.75) is 40.7 Å². The first kappa shape index (κ1) is 14.7. The molecule has 0 aliphatic carbocycles. The Balaban J connectivity index is 2.74. The molecule has 0 saturated carbocycles. The van der Waals surface area contributed by atoms with Gasteiger partial charge in [-0.25, -0.2) is 0 Å². The Labute approximate surface area is 109 Å². The molecule has 0 bridgehead atoms. The standard InChI is InChI=1S/C15H23NO2/c1-11(2)9-15(3,4)14(18)16-13-7-5-6-12(8-13)10-17/h5-8,11,17H,9-10H2,1-4H3,(H,16,18). The molecule has 0 aliphatic heterocycles. The summed E-state index contributed by atoms with van der Waals surface area (Å²) in [6.07, 6.45) is 0.846. The van der Waals surface area contributed by atoms with Gasteiger partial charge in [0.15, 0.2) is 0 Å². The Morgan fingerprint density at radius 3 is 2.61 bits per heavy atom. The smallest absolute Gasteiger partial charge is 0.230 e. The first-order valence-corrected chi connectivity index (χ1v) is 6.36. The van der Waals surface area contributed by atoms with Crippen molar-refractivity contribution < 1.29 is 9.90 Å². The van der Waals surface area contributed by atoms with E-state index in [0.717, 1.165) is 17.7 Å². The van der Waals surface area contributed by atoms with Crippen LogP contribution in [0.5, 0.6) is 0 Å². The maximum absolute atomic E-state index is 12.2. The van der Waals surface area contributed by atoms with Gasteiger partial charge in [-0.05, 0) is 30.0 Å². The molecule has 1 aromatic rings. The summed E-state index contributed by atoms with van der Waals surface area (Å²) < 4.78 is 0. The highest BCUT2D eigenvalue weighted by atomic mass is 16.3. The Morgan fingerprint density at radius 1 is 1.39 bits per heavy atom. The van der Waals surface area contributed by atoms with Crippen LogP contribution in [0, 0.1) is 11.3 Å². The van der Waals surface area contributed by atoms with E-state index in [1.807, 2.05) is 32.0 Å². The largest absolute Gasteiger partial charge is 0.392 e. The first-order valence-electron chi connectivity index (χ1n) is 6.36. The molecule has 100 valence electrons. The van der Waals surface area contributed by atoms with Gasteiger partial charge >= 0.3 is 0 Å². The summed E-state index contributed by atoms with van der Waals surface area (Å²) in [5, 5.41) is 12.0. The third-order valence-electron chi connectivity index (χ3n) is 2.90. The second-order valence-corrected chi connectivity index (χ2v) is 5.79. The number of hydrogen-bond acceptors (Lipinski definition) is 2. The van der Waals surface area contributed by atoms with Crippen LogP contribution in [-0.2, 0) is 11.4 Å². The molecular weight excluding hydrogens is 226 g/mol. The fourth-order valence-corrected chi connectivity index (χ4v) is 2.16. The minimum atomic E-state index is -0.386. The SMILES string of the molecule is CC(C)CC(C)(C)C(=O)Nc1cccc(CO)c1. The highest BCUT2D eigenvalue weighted by molar-refractivity contribution is 5.94. The second kappa shape index (κ2) is 6.01. The van der Waals surface area contributed by atoms with Gasteiger partial charge in [-0.1, -0.05) is 39.8 Å². The molecule has 0 aliphatic rings. The number of anilines is 1. The lowest BCUT2D eigenvalue weighted by Crippen LogP contribution is -2.32. The quantitative estimate of drug-likeness (QED) is 0.842. The zero-order valence-corrected chi connectivity index (χ0v) is 11.7. The monoisotopic (exact) mass is 249 g/mol. The van der Waals surface area contributed by atoms with Crippen molar-refractivity contribution in [1.82, 2.24) is 0 Å². The molecule has 0 saturated heterocycles. The van der Waals surface area contributed by atoms with Crippen molar-refractivity contribution in [3.05, 3.63) is 29.8 Å². The van der Waals surface area contributed by atoms with Crippen molar-refractivity contribution in [2.75, 3.05) is 5.32 Å². The molecule has 0 aromatic heterocycles. The van der Waals surface area contributed by atoms with Crippen LogP contribution in [0.15, 0.2) is 24.3 Å². The average molecular weight is 249 g/mol. The van der Waals surface area contributed by atoms with Crippen molar-refractivity contribution >= 4 is 11.6 Å². The number of carbonyl (C=O) groups is 1. The van der Waals surface area contributed by atoms with Crippen molar-refractivity contribution in [3.8, 4) is 0 Å². The number of amides is 1. The third-order valence-corrected chi connectivity index (χ3v) is 2.90. The zero-order chi connectivity index (χ0) is 13.8. The molecule has 3 nitrogen and oxygen atoms in total. The highest BCUT2D eigenvalue weighted by Gasteiger charge is 2.28. The maximum atomic E-state index is 12.2. The summed E-state index contributed by atoms with van der Waals surface area (Å²) in [7, 11) is 0. The number of benzene rings is 1. The third kappa shape index (κ3) is 4.15. The molecule has 1 aromatic carbocycles. The molecular formula is C15H23NO2. The van der Waals surface area contributed by atoms with Crippen molar-refractivity contribution in [3.63, 3.8) is 0 Å². The molecule has 0 radical (unpaired) electrons. The van der Waals surface area contributed by atoms with E-state index in [1.54, 1.807) is 6.07 Å². The van der Waals surface area contributed by atoms with Crippen molar-refractivity contribution in [1.29, 1.82) is 0 Å². The zero-order valence-electron chi connectivity index (χ0n) is 11.7. The van der Waals surface area contributed by atoms with Gasteiger partial charge in [0, 0.05) is 11.1 Å². The van der Waals surface area contributed by atoms with E-state index in [9.17, 15) is 4.79 Å². The lowest BCUT2D eigenvalue weighted by molar-refractivity contribution is -0.124. The summed E-state index contributed by atoms with van der Waals surface area (Å²) in [5.74, 6) is 0.501. The molecule has 0 atom stereocenters. The Bertz CT molecular complexity index is 411. The Kier molecular flexibility index (Phi) is 4.91. The molecule has 0 unspecified atom stereocenters. The van der Waals surface area contributed by atoms with Crippen molar-refractivity contribution in [2.24, 2.45) is 11.3 Å². The molecule has 2 N–H and O–H groups in total. The fraction of sp³-hybridized carbons (Fsp3) is 0.533. The van der Waals surface area contributed by atoms with Crippen LogP contribution in [0.1, 0.15) is 39.7 Å². The fourth-order valence-electron chi connectivity index (χ4n) is 2.16. The van der Waals surface area contributed by atoms with Crippen LogP contribution in [-0.4, -0.2) is 11.0 Å². The molecule has 0 fully saturated rings. The van der Waals surface area contributed by atoms with Gasteiger partial charge in [-0.2, -0.15) is 0 Å². The number of carbonyl (C=O) groups excluding carboxylic acids is 1. The van der Waals surface area contributed by atoms with Crippen LogP contribution < -0.4 is 5.32 Å². The maximum Gasteiger partial charge on any atom is 0.230 e. The molecule has 18 heavy (non-hydrogen) atoms. The van der Waals surface area contributed by atoms with Gasteiger partial charge in [0.05, 0.1) is 6.61 Å². The van der Waals surface area contributed by atoms with Crippen LogP contribution in [0.2, 0.25) is 0 Å².